The molecule has 1 aromatic heterocycles. The van der Waals surface area contributed by atoms with Gasteiger partial charge in [0, 0.05) is 11.3 Å². The van der Waals surface area contributed by atoms with Gasteiger partial charge in [-0.15, -0.1) is 0 Å². The quantitative estimate of drug-likeness (QED) is 0.773. The number of halogens is 4. The van der Waals surface area contributed by atoms with Crippen LogP contribution < -0.4 is 0 Å². The molecule has 18 heavy (non-hydrogen) atoms. The van der Waals surface area contributed by atoms with E-state index >= 15 is 0 Å². The van der Waals surface area contributed by atoms with Crippen LogP contribution in [0.2, 0.25) is 0 Å². The molecule has 3 nitrogen and oxygen atoms in total. The molecule has 1 aromatic carbocycles. The molecule has 0 spiro atoms. The van der Waals surface area contributed by atoms with Crippen LogP contribution in [0.1, 0.15) is 11.5 Å². The van der Waals surface area contributed by atoms with E-state index in [4.69, 9.17) is 0 Å². The highest BCUT2D eigenvalue weighted by Gasteiger charge is 2.35. The molecule has 0 saturated carbocycles. The molecule has 0 fully saturated rings. The van der Waals surface area contributed by atoms with E-state index < -0.39 is 23.6 Å². The number of aryl methyl sites for hydroxylation is 1. The van der Waals surface area contributed by atoms with E-state index in [1.165, 1.54) is 13.0 Å². The summed E-state index contributed by atoms with van der Waals surface area (Å²) in [4.78, 5) is 5.51. The zero-order valence-corrected chi connectivity index (χ0v) is 9.14. The standard InChI is InChI=1S/C11H8F4N2O/c1-5-9(17-10(16-5)11(13,14)15)6-2-3-7(12)8(18)4-6/h2-4,18H,1H3,(H,16,17). The second-order valence-electron chi connectivity index (χ2n) is 3.72. The van der Waals surface area contributed by atoms with Gasteiger partial charge in [0.15, 0.2) is 11.6 Å². The fraction of sp³-hybridized carbons (Fsp3) is 0.182. The number of alkyl halides is 3. The first-order chi connectivity index (χ1) is 8.29. The molecule has 2 aromatic rings. The Morgan fingerprint density at radius 2 is 1.94 bits per heavy atom. The van der Waals surface area contributed by atoms with E-state index in [1.807, 2.05) is 0 Å². The molecule has 0 saturated heterocycles. The van der Waals surface area contributed by atoms with Crippen LogP contribution >= 0.6 is 0 Å². The number of aromatic amines is 1. The molecule has 1 heterocycles. The number of aromatic nitrogens is 2. The normalized spacial score (nSPS) is 11.8. The first kappa shape index (κ1) is 12.4. The molecule has 0 unspecified atom stereocenters. The van der Waals surface area contributed by atoms with Crippen molar-refractivity contribution in [3.8, 4) is 17.0 Å². The lowest BCUT2D eigenvalue weighted by Crippen LogP contribution is -2.07. The second-order valence-corrected chi connectivity index (χ2v) is 3.72. The topological polar surface area (TPSA) is 48.9 Å². The number of imidazole rings is 1. The Morgan fingerprint density at radius 3 is 2.44 bits per heavy atom. The van der Waals surface area contributed by atoms with E-state index in [-0.39, 0.29) is 17.0 Å². The summed E-state index contributed by atoms with van der Waals surface area (Å²) in [7, 11) is 0. The molecular formula is C11H8F4N2O. The summed E-state index contributed by atoms with van der Waals surface area (Å²) in [6.45, 7) is 1.41. The van der Waals surface area contributed by atoms with Gasteiger partial charge in [-0.25, -0.2) is 9.37 Å². The second kappa shape index (κ2) is 4.01. The van der Waals surface area contributed by atoms with Crippen molar-refractivity contribution in [3.05, 3.63) is 35.5 Å². The van der Waals surface area contributed by atoms with Crippen molar-refractivity contribution in [2.45, 2.75) is 13.1 Å². The van der Waals surface area contributed by atoms with Crippen LogP contribution in [0.5, 0.6) is 5.75 Å². The third-order valence-electron chi connectivity index (χ3n) is 2.37. The molecule has 0 aliphatic carbocycles. The fourth-order valence-corrected chi connectivity index (χ4v) is 1.54. The molecule has 2 rings (SSSR count). The van der Waals surface area contributed by atoms with Crippen molar-refractivity contribution in [3.63, 3.8) is 0 Å². The Balaban J connectivity index is 2.51. The molecule has 0 amide bonds. The van der Waals surface area contributed by atoms with Crippen molar-refractivity contribution in [1.82, 2.24) is 9.97 Å². The summed E-state index contributed by atoms with van der Waals surface area (Å²) in [5.74, 6) is -2.61. The first-order valence-electron chi connectivity index (χ1n) is 4.91. The van der Waals surface area contributed by atoms with Gasteiger partial charge in [0.1, 0.15) is 0 Å². The number of H-pyrrole nitrogens is 1. The van der Waals surface area contributed by atoms with E-state index in [9.17, 15) is 22.7 Å². The number of aromatic hydroxyl groups is 1. The predicted octanol–water partition coefficient (Wildman–Crippen LogP) is 3.25. The molecule has 96 valence electrons. The molecule has 7 heteroatoms. The molecule has 0 aliphatic rings. The number of phenols is 1. The zero-order chi connectivity index (χ0) is 13.5. The SMILES string of the molecule is Cc1[nH]c(C(F)(F)F)nc1-c1ccc(F)c(O)c1. The Labute approximate surface area is 99.1 Å². The molecular weight excluding hydrogens is 252 g/mol. The van der Waals surface area contributed by atoms with Crippen LogP contribution in [-0.4, -0.2) is 15.1 Å². The highest BCUT2D eigenvalue weighted by molar-refractivity contribution is 5.63. The summed E-state index contributed by atoms with van der Waals surface area (Å²) in [6.07, 6.45) is -4.58. The smallest absolute Gasteiger partial charge is 0.449 e. The average Bonchev–Trinajstić information content (AvgIpc) is 2.64. The zero-order valence-electron chi connectivity index (χ0n) is 9.14. The van der Waals surface area contributed by atoms with Gasteiger partial charge in [-0.3, -0.25) is 0 Å². The van der Waals surface area contributed by atoms with Crippen molar-refractivity contribution in [2.24, 2.45) is 0 Å². The van der Waals surface area contributed by atoms with Crippen molar-refractivity contribution >= 4 is 0 Å². The Hall–Kier alpha value is -2.05. The van der Waals surface area contributed by atoms with Crippen molar-refractivity contribution in [1.29, 1.82) is 0 Å². The number of nitrogens with zero attached hydrogens (tertiary/aromatic N) is 1. The first-order valence-corrected chi connectivity index (χ1v) is 4.91. The predicted molar refractivity (Wildman–Crippen MR) is 55.4 cm³/mol. The molecule has 0 bridgehead atoms. The lowest BCUT2D eigenvalue weighted by Gasteiger charge is -2.01. The van der Waals surface area contributed by atoms with Gasteiger partial charge in [0.2, 0.25) is 5.82 Å². The van der Waals surface area contributed by atoms with Crippen molar-refractivity contribution < 1.29 is 22.7 Å². The average molecular weight is 260 g/mol. The minimum atomic E-state index is -4.58. The number of hydrogen-bond donors (Lipinski definition) is 2. The number of hydrogen-bond acceptors (Lipinski definition) is 2. The van der Waals surface area contributed by atoms with Gasteiger partial charge in [-0.2, -0.15) is 13.2 Å². The maximum absolute atomic E-state index is 12.9. The van der Waals surface area contributed by atoms with E-state index in [0.29, 0.717) is 0 Å². The van der Waals surface area contributed by atoms with Crippen LogP contribution in [0.4, 0.5) is 17.6 Å². The van der Waals surface area contributed by atoms with Gasteiger partial charge >= 0.3 is 6.18 Å². The molecule has 0 aliphatic heterocycles. The summed E-state index contributed by atoms with van der Waals surface area (Å²) in [5.41, 5.74) is 0.420. The highest BCUT2D eigenvalue weighted by Crippen LogP contribution is 2.32. The number of rotatable bonds is 1. The number of nitrogens with one attached hydrogen (secondary N) is 1. The maximum Gasteiger partial charge on any atom is 0.449 e. The summed E-state index contributed by atoms with van der Waals surface area (Å²) in [5, 5.41) is 9.18. The van der Waals surface area contributed by atoms with Crippen LogP contribution in [0, 0.1) is 12.7 Å². The van der Waals surface area contributed by atoms with E-state index in [2.05, 4.69) is 9.97 Å². The molecule has 0 radical (unpaired) electrons. The third kappa shape index (κ3) is 2.15. The van der Waals surface area contributed by atoms with Crippen molar-refractivity contribution in [2.75, 3.05) is 0 Å². The third-order valence-corrected chi connectivity index (χ3v) is 2.37. The largest absolute Gasteiger partial charge is 0.505 e. The van der Waals surface area contributed by atoms with Gasteiger partial charge in [0.05, 0.1) is 5.69 Å². The maximum atomic E-state index is 12.9. The van der Waals surface area contributed by atoms with Crippen LogP contribution in [0.3, 0.4) is 0 Å². The lowest BCUT2D eigenvalue weighted by atomic mass is 10.1. The Morgan fingerprint density at radius 1 is 1.28 bits per heavy atom. The van der Waals surface area contributed by atoms with Gasteiger partial charge < -0.3 is 10.1 Å². The van der Waals surface area contributed by atoms with E-state index in [1.54, 1.807) is 0 Å². The highest BCUT2D eigenvalue weighted by atomic mass is 19.4. The number of phenolic OH excluding ortho intramolecular Hbond substituents is 1. The monoisotopic (exact) mass is 260 g/mol. The van der Waals surface area contributed by atoms with Crippen LogP contribution in [0.25, 0.3) is 11.3 Å². The van der Waals surface area contributed by atoms with Gasteiger partial charge in [-0.1, -0.05) is 0 Å². The Bertz CT molecular complexity index is 589. The fourth-order valence-electron chi connectivity index (χ4n) is 1.54. The minimum absolute atomic E-state index is 0.0256. The summed E-state index contributed by atoms with van der Waals surface area (Å²) >= 11 is 0. The molecule has 2 N–H and O–H groups in total. The van der Waals surface area contributed by atoms with Crippen LogP contribution in [-0.2, 0) is 6.18 Å². The number of benzene rings is 1. The molecule has 0 atom stereocenters. The summed E-state index contributed by atoms with van der Waals surface area (Å²) in [6, 6.07) is 3.24. The summed E-state index contributed by atoms with van der Waals surface area (Å²) < 4.78 is 50.2. The lowest BCUT2D eigenvalue weighted by molar-refractivity contribution is -0.144. The van der Waals surface area contributed by atoms with Gasteiger partial charge in [0.25, 0.3) is 0 Å². The minimum Gasteiger partial charge on any atom is -0.505 e. The van der Waals surface area contributed by atoms with E-state index in [0.717, 1.165) is 12.1 Å². The van der Waals surface area contributed by atoms with Crippen LogP contribution in [0.15, 0.2) is 18.2 Å². The van der Waals surface area contributed by atoms with Gasteiger partial charge in [-0.05, 0) is 25.1 Å². The Kier molecular flexibility index (Phi) is 2.76.